The summed E-state index contributed by atoms with van der Waals surface area (Å²) in [4.78, 5) is 25.7. The number of amides is 2. The van der Waals surface area contributed by atoms with E-state index in [4.69, 9.17) is 17.3 Å². The summed E-state index contributed by atoms with van der Waals surface area (Å²) < 4.78 is 0. The Labute approximate surface area is 123 Å². The molecule has 0 spiro atoms. The second kappa shape index (κ2) is 6.72. The quantitative estimate of drug-likeness (QED) is 0.879. The van der Waals surface area contributed by atoms with E-state index in [0.717, 1.165) is 6.42 Å². The Hall–Kier alpha value is -1.59. The van der Waals surface area contributed by atoms with E-state index < -0.39 is 6.04 Å². The van der Waals surface area contributed by atoms with Crippen molar-refractivity contribution in [2.45, 2.75) is 25.3 Å². The molecule has 3 N–H and O–H groups in total. The van der Waals surface area contributed by atoms with Gasteiger partial charge in [-0.15, -0.1) is 0 Å². The molecule has 6 heteroatoms. The van der Waals surface area contributed by atoms with Gasteiger partial charge in [-0.25, -0.2) is 0 Å². The van der Waals surface area contributed by atoms with Crippen LogP contribution in [0.3, 0.4) is 0 Å². The average molecular weight is 296 g/mol. The van der Waals surface area contributed by atoms with E-state index in [0.29, 0.717) is 23.7 Å². The Morgan fingerprint density at radius 3 is 2.90 bits per heavy atom. The van der Waals surface area contributed by atoms with Crippen molar-refractivity contribution in [2.75, 3.05) is 18.0 Å². The molecule has 1 heterocycles. The second-order valence-corrected chi connectivity index (χ2v) is 5.15. The molecule has 0 aliphatic carbocycles. The van der Waals surface area contributed by atoms with Crippen LogP contribution in [0.15, 0.2) is 24.3 Å². The first-order valence-electron chi connectivity index (χ1n) is 6.69. The second-order valence-electron chi connectivity index (χ2n) is 4.74. The van der Waals surface area contributed by atoms with Gasteiger partial charge in [0.15, 0.2) is 0 Å². The third-order valence-corrected chi connectivity index (χ3v) is 3.61. The number of para-hydroxylation sites is 1. The fourth-order valence-corrected chi connectivity index (χ4v) is 2.55. The fourth-order valence-electron chi connectivity index (χ4n) is 2.32. The van der Waals surface area contributed by atoms with Crippen molar-refractivity contribution in [3.63, 3.8) is 0 Å². The SMILES string of the molecule is NCCC(=O)NC1CCCN(c2ccccc2Cl)C1=O. The van der Waals surface area contributed by atoms with Crippen LogP contribution in [-0.4, -0.2) is 30.9 Å². The van der Waals surface area contributed by atoms with Crippen LogP contribution in [0, 0.1) is 0 Å². The first-order chi connectivity index (χ1) is 9.63. The molecular weight excluding hydrogens is 278 g/mol. The maximum Gasteiger partial charge on any atom is 0.249 e. The molecule has 1 saturated heterocycles. The normalized spacial score (nSPS) is 19.0. The molecule has 0 bridgehead atoms. The van der Waals surface area contributed by atoms with Crippen molar-refractivity contribution in [3.8, 4) is 0 Å². The van der Waals surface area contributed by atoms with E-state index in [1.807, 2.05) is 18.2 Å². The number of nitrogens with one attached hydrogen (secondary N) is 1. The van der Waals surface area contributed by atoms with Gasteiger partial charge in [0.25, 0.3) is 0 Å². The van der Waals surface area contributed by atoms with Gasteiger partial charge in [-0.1, -0.05) is 23.7 Å². The van der Waals surface area contributed by atoms with Gasteiger partial charge in [0.1, 0.15) is 6.04 Å². The number of nitrogens with zero attached hydrogens (tertiary/aromatic N) is 1. The molecule has 1 aromatic rings. The zero-order chi connectivity index (χ0) is 14.5. The van der Waals surface area contributed by atoms with Crippen LogP contribution < -0.4 is 16.0 Å². The van der Waals surface area contributed by atoms with Gasteiger partial charge in [0.2, 0.25) is 11.8 Å². The minimum absolute atomic E-state index is 0.116. The van der Waals surface area contributed by atoms with Crippen LogP contribution in [0.2, 0.25) is 5.02 Å². The highest BCUT2D eigenvalue weighted by molar-refractivity contribution is 6.33. The van der Waals surface area contributed by atoms with Crippen molar-refractivity contribution in [1.29, 1.82) is 0 Å². The van der Waals surface area contributed by atoms with E-state index in [1.54, 1.807) is 11.0 Å². The summed E-state index contributed by atoms with van der Waals surface area (Å²) in [6, 6.07) is 6.73. The molecule has 0 saturated carbocycles. The van der Waals surface area contributed by atoms with Gasteiger partial charge in [-0.2, -0.15) is 0 Å². The van der Waals surface area contributed by atoms with Crippen LogP contribution in [0.4, 0.5) is 5.69 Å². The average Bonchev–Trinajstić information content (AvgIpc) is 2.42. The van der Waals surface area contributed by atoms with E-state index in [2.05, 4.69) is 5.32 Å². The predicted molar refractivity (Wildman–Crippen MR) is 78.6 cm³/mol. The summed E-state index contributed by atoms with van der Waals surface area (Å²) >= 11 is 6.13. The molecule has 1 fully saturated rings. The molecule has 1 unspecified atom stereocenters. The Bertz CT molecular complexity index is 507. The zero-order valence-electron chi connectivity index (χ0n) is 11.1. The molecule has 1 aliphatic heterocycles. The minimum Gasteiger partial charge on any atom is -0.344 e. The number of hydrogen-bond donors (Lipinski definition) is 2. The minimum atomic E-state index is -0.487. The number of benzene rings is 1. The molecule has 1 aromatic carbocycles. The lowest BCUT2D eigenvalue weighted by Gasteiger charge is -2.33. The number of carbonyl (C=O) groups excluding carboxylic acids is 2. The number of halogens is 1. The molecule has 5 nitrogen and oxygen atoms in total. The monoisotopic (exact) mass is 295 g/mol. The number of carbonyl (C=O) groups is 2. The molecular formula is C14H18ClN3O2. The maximum atomic E-state index is 12.4. The molecule has 0 aromatic heterocycles. The van der Waals surface area contributed by atoms with Crippen LogP contribution in [0.1, 0.15) is 19.3 Å². The lowest BCUT2D eigenvalue weighted by Crippen LogP contribution is -2.52. The smallest absolute Gasteiger partial charge is 0.249 e. The van der Waals surface area contributed by atoms with Crippen molar-refractivity contribution < 1.29 is 9.59 Å². The highest BCUT2D eigenvalue weighted by Gasteiger charge is 2.31. The standard InChI is InChI=1S/C14H18ClN3O2/c15-10-4-1-2-6-12(10)18-9-3-5-11(14(18)20)17-13(19)7-8-16/h1-2,4,6,11H,3,5,7-9,16H2,(H,17,19). The van der Waals surface area contributed by atoms with Gasteiger partial charge >= 0.3 is 0 Å². The summed E-state index contributed by atoms with van der Waals surface area (Å²) in [6.07, 6.45) is 1.70. The van der Waals surface area contributed by atoms with Crippen molar-refractivity contribution in [3.05, 3.63) is 29.3 Å². The third-order valence-electron chi connectivity index (χ3n) is 3.29. The fraction of sp³-hybridized carbons (Fsp3) is 0.429. The molecule has 20 heavy (non-hydrogen) atoms. The van der Waals surface area contributed by atoms with Gasteiger partial charge < -0.3 is 16.0 Å². The molecule has 1 atom stereocenters. The summed E-state index contributed by atoms with van der Waals surface area (Å²) in [5.74, 6) is -0.304. The summed E-state index contributed by atoms with van der Waals surface area (Å²) in [7, 11) is 0. The number of nitrogens with two attached hydrogens (primary N) is 1. The number of anilines is 1. The number of hydrogen-bond acceptors (Lipinski definition) is 3. The summed E-state index contributed by atoms with van der Waals surface area (Å²) in [5.41, 5.74) is 6.03. The highest BCUT2D eigenvalue weighted by atomic mass is 35.5. The van der Waals surface area contributed by atoms with Crippen LogP contribution in [0.5, 0.6) is 0 Å². The first kappa shape index (κ1) is 14.8. The van der Waals surface area contributed by atoms with Gasteiger partial charge in [-0.3, -0.25) is 9.59 Å². The number of rotatable bonds is 4. The molecule has 0 radical (unpaired) electrons. The van der Waals surface area contributed by atoms with Crippen LogP contribution >= 0.6 is 11.6 Å². The third kappa shape index (κ3) is 3.29. The van der Waals surface area contributed by atoms with Crippen LogP contribution in [-0.2, 0) is 9.59 Å². The maximum absolute atomic E-state index is 12.4. The van der Waals surface area contributed by atoms with Crippen molar-refractivity contribution in [2.24, 2.45) is 5.73 Å². The van der Waals surface area contributed by atoms with Gasteiger partial charge in [0.05, 0.1) is 10.7 Å². The predicted octanol–water partition coefficient (Wildman–Crippen LogP) is 1.30. The lowest BCUT2D eigenvalue weighted by molar-refractivity contribution is -0.128. The summed E-state index contributed by atoms with van der Waals surface area (Å²) in [6.45, 7) is 0.896. The molecule has 108 valence electrons. The Balaban J connectivity index is 2.11. The van der Waals surface area contributed by atoms with E-state index in [1.165, 1.54) is 0 Å². The summed E-state index contributed by atoms with van der Waals surface area (Å²) in [5, 5.41) is 3.27. The Kier molecular flexibility index (Phi) is 4.98. The van der Waals surface area contributed by atoms with Gasteiger partial charge in [0, 0.05) is 19.5 Å². The topological polar surface area (TPSA) is 75.4 Å². The first-order valence-corrected chi connectivity index (χ1v) is 7.06. The van der Waals surface area contributed by atoms with Crippen molar-refractivity contribution in [1.82, 2.24) is 5.32 Å². The number of piperidine rings is 1. The van der Waals surface area contributed by atoms with E-state index in [-0.39, 0.29) is 24.8 Å². The van der Waals surface area contributed by atoms with Crippen molar-refractivity contribution >= 4 is 29.1 Å². The Morgan fingerprint density at radius 2 is 2.20 bits per heavy atom. The molecule has 1 aliphatic rings. The van der Waals surface area contributed by atoms with E-state index >= 15 is 0 Å². The van der Waals surface area contributed by atoms with E-state index in [9.17, 15) is 9.59 Å². The highest BCUT2D eigenvalue weighted by Crippen LogP contribution is 2.28. The van der Waals surface area contributed by atoms with Gasteiger partial charge in [-0.05, 0) is 25.0 Å². The zero-order valence-corrected chi connectivity index (χ0v) is 11.9. The largest absolute Gasteiger partial charge is 0.344 e. The Morgan fingerprint density at radius 1 is 1.45 bits per heavy atom. The lowest BCUT2D eigenvalue weighted by atomic mass is 10.0. The molecule has 2 amide bonds. The molecule has 2 rings (SSSR count). The van der Waals surface area contributed by atoms with Crippen LogP contribution in [0.25, 0.3) is 0 Å².